The molecule has 0 spiro atoms. The van der Waals surface area contributed by atoms with E-state index in [0.717, 1.165) is 13.1 Å². The van der Waals surface area contributed by atoms with Crippen molar-refractivity contribution in [2.45, 2.75) is 53.0 Å². The third kappa shape index (κ3) is 4.41. The maximum Gasteiger partial charge on any atom is 0.146 e. The zero-order valence-corrected chi connectivity index (χ0v) is 9.47. The summed E-state index contributed by atoms with van der Waals surface area (Å²) in [5.41, 5.74) is 0. The molecule has 0 aliphatic carbocycles. The fourth-order valence-corrected chi connectivity index (χ4v) is 1.56. The van der Waals surface area contributed by atoms with Gasteiger partial charge in [0.1, 0.15) is 5.78 Å². The van der Waals surface area contributed by atoms with E-state index in [0.29, 0.717) is 5.78 Å². The molecule has 1 saturated heterocycles. The Bertz CT molecular complexity index is 139. The highest BCUT2D eigenvalue weighted by Gasteiger charge is 2.19. The van der Waals surface area contributed by atoms with Crippen LogP contribution >= 0.6 is 0 Å². The van der Waals surface area contributed by atoms with Crippen molar-refractivity contribution in [3.8, 4) is 0 Å². The Balaban J connectivity index is 0.000000671. The van der Waals surface area contributed by atoms with Crippen LogP contribution in [-0.2, 0) is 4.79 Å². The smallest absolute Gasteiger partial charge is 0.146 e. The van der Waals surface area contributed by atoms with E-state index in [1.807, 2.05) is 20.8 Å². The molecular weight excluding hydrogens is 162 g/mol. The first-order chi connectivity index (χ1) is 6.22. The van der Waals surface area contributed by atoms with E-state index in [-0.39, 0.29) is 6.04 Å². The van der Waals surface area contributed by atoms with Gasteiger partial charge in [0.15, 0.2) is 0 Å². The van der Waals surface area contributed by atoms with Gasteiger partial charge >= 0.3 is 0 Å². The largest absolute Gasteiger partial charge is 0.298 e. The van der Waals surface area contributed by atoms with Crippen LogP contribution in [0.25, 0.3) is 0 Å². The molecule has 1 heterocycles. The second-order valence-electron chi connectivity index (χ2n) is 3.38. The Morgan fingerprint density at radius 3 is 2.00 bits per heavy atom. The van der Waals surface area contributed by atoms with Crippen LogP contribution in [0.2, 0.25) is 0 Å². The number of piperidine rings is 1. The molecule has 1 unspecified atom stereocenters. The number of hydrogen-bond acceptors (Lipinski definition) is 2. The molecule has 1 aliphatic heterocycles. The molecule has 1 fully saturated rings. The average Bonchev–Trinajstić information content (AvgIpc) is 2.21. The van der Waals surface area contributed by atoms with Gasteiger partial charge < -0.3 is 0 Å². The van der Waals surface area contributed by atoms with Crippen LogP contribution in [0.1, 0.15) is 47.0 Å². The van der Waals surface area contributed by atoms with Gasteiger partial charge in [-0.25, -0.2) is 0 Å². The van der Waals surface area contributed by atoms with Gasteiger partial charge in [0.25, 0.3) is 0 Å². The lowest BCUT2D eigenvalue weighted by molar-refractivity contribution is -0.121. The van der Waals surface area contributed by atoms with Crippen molar-refractivity contribution in [1.82, 2.24) is 4.90 Å². The van der Waals surface area contributed by atoms with Crippen LogP contribution in [0, 0.1) is 0 Å². The molecule has 0 aromatic rings. The van der Waals surface area contributed by atoms with Crippen LogP contribution in [0.15, 0.2) is 0 Å². The maximum atomic E-state index is 11.0. The van der Waals surface area contributed by atoms with E-state index in [1.54, 1.807) is 6.92 Å². The van der Waals surface area contributed by atoms with Crippen LogP contribution < -0.4 is 0 Å². The molecule has 1 atom stereocenters. The highest BCUT2D eigenvalue weighted by atomic mass is 16.1. The van der Waals surface area contributed by atoms with Gasteiger partial charge in [-0.2, -0.15) is 0 Å². The number of hydrogen-bond donors (Lipinski definition) is 0. The Labute approximate surface area is 82.3 Å². The second-order valence-corrected chi connectivity index (χ2v) is 3.38. The van der Waals surface area contributed by atoms with Crippen LogP contribution in [-0.4, -0.2) is 29.8 Å². The predicted molar refractivity (Wildman–Crippen MR) is 56.9 cm³/mol. The first-order valence-corrected chi connectivity index (χ1v) is 5.46. The van der Waals surface area contributed by atoms with Gasteiger partial charge in [-0.05, 0) is 39.8 Å². The number of carbonyl (C=O) groups is 1. The van der Waals surface area contributed by atoms with Crippen molar-refractivity contribution in [1.29, 1.82) is 0 Å². The lowest BCUT2D eigenvalue weighted by atomic mass is 10.1. The van der Waals surface area contributed by atoms with Gasteiger partial charge in [0.05, 0.1) is 6.04 Å². The molecule has 0 amide bonds. The summed E-state index contributed by atoms with van der Waals surface area (Å²) in [6.45, 7) is 9.91. The summed E-state index contributed by atoms with van der Waals surface area (Å²) < 4.78 is 0. The minimum Gasteiger partial charge on any atom is -0.298 e. The topological polar surface area (TPSA) is 20.3 Å². The predicted octanol–water partition coefficient (Wildman–Crippen LogP) is 2.48. The SMILES string of the molecule is CC.CC(=O)C(C)N1CCCCC1. The summed E-state index contributed by atoms with van der Waals surface area (Å²) in [7, 11) is 0. The highest BCUT2D eigenvalue weighted by molar-refractivity contribution is 5.80. The minimum absolute atomic E-state index is 0.148. The molecule has 0 saturated carbocycles. The van der Waals surface area contributed by atoms with Crippen molar-refractivity contribution in [3.63, 3.8) is 0 Å². The zero-order chi connectivity index (χ0) is 10.3. The van der Waals surface area contributed by atoms with Crippen molar-refractivity contribution in [2.24, 2.45) is 0 Å². The van der Waals surface area contributed by atoms with E-state index in [4.69, 9.17) is 0 Å². The Kier molecular flexibility index (Phi) is 6.87. The van der Waals surface area contributed by atoms with Crippen molar-refractivity contribution >= 4 is 5.78 Å². The summed E-state index contributed by atoms with van der Waals surface area (Å²) in [4.78, 5) is 13.3. The fourth-order valence-electron chi connectivity index (χ4n) is 1.56. The molecule has 0 aromatic heterocycles. The van der Waals surface area contributed by atoms with Crippen LogP contribution in [0.3, 0.4) is 0 Å². The standard InChI is InChI=1S/C9H17NO.C2H6/c1-8(9(2)11)10-6-4-3-5-7-10;1-2/h8H,3-7H2,1-2H3;1-2H3. The van der Waals surface area contributed by atoms with Gasteiger partial charge in [0, 0.05) is 0 Å². The molecule has 1 rings (SSSR count). The second kappa shape index (κ2) is 7.07. The molecule has 78 valence electrons. The Hall–Kier alpha value is -0.370. The van der Waals surface area contributed by atoms with Crippen molar-refractivity contribution < 1.29 is 4.79 Å². The molecule has 0 aromatic carbocycles. The number of Topliss-reactive ketones (excluding diaryl/α,β-unsaturated/α-hetero) is 1. The lowest BCUT2D eigenvalue weighted by Gasteiger charge is -2.30. The summed E-state index contributed by atoms with van der Waals surface area (Å²) in [6.07, 6.45) is 3.86. The monoisotopic (exact) mass is 185 g/mol. The molecule has 0 N–H and O–H groups in total. The van der Waals surface area contributed by atoms with Gasteiger partial charge in [-0.1, -0.05) is 20.3 Å². The van der Waals surface area contributed by atoms with Gasteiger partial charge in [-0.3, -0.25) is 9.69 Å². The lowest BCUT2D eigenvalue weighted by Crippen LogP contribution is -2.41. The summed E-state index contributed by atoms with van der Waals surface area (Å²) in [5, 5.41) is 0. The number of carbonyl (C=O) groups excluding carboxylic acids is 1. The van der Waals surface area contributed by atoms with E-state index >= 15 is 0 Å². The molecule has 13 heavy (non-hydrogen) atoms. The van der Waals surface area contributed by atoms with E-state index in [9.17, 15) is 4.79 Å². The molecule has 1 aliphatic rings. The third-order valence-electron chi connectivity index (χ3n) is 2.53. The summed E-state index contributed by atoms with van der Waals surface area (Å²) in [5.74, 6) is 0.298. The van der Waals surface area contributed by atoms with Crippen LogP contribution in [0.5, 0.6) is 0 Å². The first kappa shape index (κ1) is 12.6. The van der Waals surface area contributed by atoms with Gasteiger partial charge in [-0.15, -0.1) is 0 Å². The number of rotatable bonds is 2. The molecule has 2 nitrogen and oxygen atoms in total. The first-order valence-electron chi connectivity index (χ1n) is 5.46. The van der Waals surface area contributed by atoms with E-state index in [1.165, 1.54) is 19.3 Å². The molecule has 0 radical (unpaired) electrons. The van der Waals surface area contributed by atoms with Crippen molar-refractivity contribution in [2.75, 3.05) is 13.1 Å². The minimum atomic E-state index is 0.148. The average molecular weight is 185 g/mol. The summed E-state index contributed by atoms with van der Waals surface area (Å²) >= 11 is 0. The van der Waals surface area contributed by atoms with Gasteiger partial charge in [0.2, 0.25) is 0 Å². The zero-order valence-electron chi connectivity index (χ0n) is 9.47. The Morgan fingerprint density at radius 1 is 1.15 bits per heavy atom. The number of ketones is 1. The normalized spacial score (nSPS) is 20.0. The van der Waals surface area contributed by atoms with E-state index in [2.05, 4.69) is 4.90 Å². The molecule has 2 heteroatoms. The molecular formula is C11H23NO. The Morgan fingerprint density at radius 2 is 1.62 bits per heavy atom. The summed E-state index contributed by atoms with van der Waals surface area (Å²) in [6, 6.07) is 0.148. The van der Waals surface area contributed by atoms with E-state index < -0.39 is 0 Å². The third-order valence-corrected chi connectivity index (χ3v) is 2.53. The van der Waals surface area contributed by atoms with Crippen molar-refractivity contribution in [3.05, 3.63) is 0 Å². The quantitative estimate of drug-likeness (QED) is 0.658. The maximum absolute atomic E-state index is 11.0. The molecule has 0 bridgehead atoms. The fraction of sp³-hybridized carbons (Fsp3) is 0.909. The highest BCUT2D eigenvalue weighted by Crippen LogP contribution is 2.11. The number of likely N-dealkylation sites (tertiary alicyclic amines) is 1. The number of nitrogens with zero attached hydrogens (tertiary/aromatic N) is 1. The van der Waals surface area contributed by atoms with Crippen LogP contribution in [0.4, 0.5) is 0 Å².